The van der Waals surface area contributed by atoms with Crippen LogP contribution in [0.4, 0.5) is 0 Å². The maximum Gasteiger partial charge on any atom is 0.0964 e. The van der Waals surface area contributed by atoms with Gasteiger partial charge in [0.2, 0.25) is 0 Å². The molecule has 2 atom stereocenters. The fraction of sp³-hybridized carbons (Fsp3) is 0.267. The van der Waals surface area contributed by atoms with E-state index in [4.69, 9.17) is 0 Å². The van der Waals surface area contributed by atoms with Crippen LogP contribution in [0.25, 0.3) is 0 Å². The standard InChI is InChI=1S/C15H15BrN2S/c1-17-15-12-5-3-2-4-10(12)8-13(15)19-14-7-6-11(16)9-18-14/h2-7,9,13,15,17H,8H2,1H3. The molecule has 1 aromatic heterocycles. The van der Waals surface area contributed by atoms with Gasteiger partial charge in [0, 0.05) is 22.0 Å². The third-order valence-corrected chi connectivity index (χ3v) is 5.16. The van der Waals surface area contributed by atoms with E-state index in [1.54, 1.807) is 0 Å². The average Bonchev–Trinajstić information content (AvgIpc) is 2.78. The molecule has 19 heavy (non-hydrogen) atoms. The maximum atomic E-state index is 4.46. The second-order valence-corrected chi connectivity index (χ2v) is 6.82. The van der Waals surface area contributed by atoms with Gasteiger partial charge in [-0.25, -0.2) is 4.98 Å². The van der Waals surface area contributed by atoms with Crippen LogP contribution in [0.2, 0.25) is 0 Å². The highest BCUT2D eigenvalue weighted by atomic mass is 79.9. The van der Waals surface area contributed by atoms with E-state index in [0.717, 1.165) is 15.9 Å². The van der Waals surface area contributed by atoms with Gasteiger partial charge < -0.3 is 5.32 Å². The van der Waals surface area contributed by atoms with E-state index in [0.29, 0.717) is 11.3 Å². The Kier molecular flexibility index (Phi) is 3.91. The van der Waals surface area contributed by atoms with E-state index in [2.05, 4.69) is 56.6 Å². The van der Waals surface area contributed by atoms with E-state index in [1.165, 1.54) is 11.1 Å². The monoisotopic (exact) mass is 334 g/mol. The fourth-order valence-electron chi connectivity index (χ4n) is 2.60. The van der Waals surface area contributed by atoms with Crippen molar-refractivity contribution >= 4 is 27.7 Å². The van der Waals surface area contributed by atoms with Crippen molar-refractivity contribution < 1.29 is 0 Å². The minimum atomic E-state index is 0.409. The summed E-state index contributed by atoms with van der Waals surface area (Å²) in [6, 6.07) is 13.2. The van der Waals surface area contributed by atoms with Crippen LogP contribution in [-0.2, 0) is 6.42 Å². The summed E-state index contributed by atoms with van der Waals surface area (Å²) in [5, 5.41) is 5.04. The lowest BCUT2D eigenvalue weighted by Gasteiger charge is -2.19. The summed E-state index contributed by atoms with van der Waals surface area (Å²) >= 11 is 5.28. The van der Waals surface area contributed by atoms with Crippen molar-refractivity contribution in [2.24, 2.45) is 0 Å². The number of aromatic nitrogens is 1. The molecule has 0 bridgehead atoms. The molecular weight excluding hydrogens is 320 g/mol. The first-order chi connectivity index (χ1) is 9.28. The van der Waals surface area contributed by atoms with Crippen molar-refractivity contribution in [1.29, 1.82) is 0 Å². The third-order valence-electron chi connectivity index (χ3n) is 3.47. The molecule has 0 radical (unpaired) electrons. The van der Waals surface area contributed by atoms with Crippen molar-refractivity contribution in [3.05, 3.63) is 58.2 Å². The molecule has 2 unspecified atom stereocenters. The Bertz CT molecular complexity index is 571. The van der Waals surface area contributed by atoms with Crippen LogP contribution < -0.4 is 5.32 Å². The van der Waals surface area contributed by atoms with Crippen LogP contribution >= 0.6 is 27.7 Å². The molecule has 0 saturated carbocycles. The molecule has 3 rings (SSSR count). The summed E-state index contributed by atoms with van der Waals surface area (Å²) in [5.74, 6) is 0. The van der Waals surface area contributed by atoms with Crippen LogP contribution in [0.5, 0.6) is 0 Å². The highest BCUT2D eigenvalue weighted by Crippen LogP contribution is 2.40. The van der Waals surface area contributed by atoms with Crippen molar-refractivity contribution in [1.82, 2.24) is 10.3 Å². The quantitative estimate of drug-likeness (QED) is 0.923. The Morgan fingerprint density at radius 2 is 2.11 bits per heavy atom. The molecule has 0 saturated heterocycles. The average molecular weight is 335 g/mol. The molecule has 0 amide bonds. The first-order valence-electron chi connectivity index (χ1n) is 6.31. The van der Waals surface area contributed by atoms with Crippen LogP contribution in [0, 0.1) is 0 Å². The van der Waals surface area contributed by atoms with Gasteiger partial charge in [-0.1, -0.05) is 24.3 Å². The lowest BCUT2D eigenvalue weighted by molar-refractivity contribution is 0.603. The van der Waals surface area contributed by atoms with Gasteiger partial charge in [0.05, 0.1) is 5.03 Å². The van der Waals surface area contributed by atoms with E-state index in [9.17, 15) is 0 Å². The molecule has 1 aromatic carbocycles. The largest absolute Gasteiger partial charge is 0.312 e. The first-order valence-corrected chi connectivity index (χ1v) is 7.98. The van der Waals surface area contributed by atoms with Crippen molar-refractivity contribution in [3.8, 4) is 0 Å². The predicted octanol–water partition coefficient (Wildman–Crippen LogP) is 3.82. The summed E-state index contributed by atoms with van der Waals surface area (Å²) in [6.07, 6.45) is 2.96. The molecule has 1 aliphatic rings. The van der Waals surface area contributed by atoms with Crippen LogP contribution in [0.3, 0.4) is 0 Å². The van der Waals surface area contributed by atoms with Crippen LogP contribution in [0.15, 0.2) is 52.1 Å². The Morgan fingerprint density at radius 3 is 2.84 bits per heavy atom. The Balaban J connectivity index is 1.81. The van der Waals surface area contributed by atoms with Crippen molar-refractivity contribution in [3.63, 3.8) is 0 Å². The zero-order valence-corrected chi connectivity index (χ0v) is 13.0. The summed E-state index contributed by atoms with van der Waals surface area (Å²) in [5.41, 5.74) is 2.89. The molecule has 0 fully saturated rings. The second kappa shape index (κ2) is 5.65. The minimum absolute atomic E-state index is 0.409. The summed E-state index contributed by atoms with van der Waals surface area (Å²) in [7, 11) is 2.04. The van der Waals surface area contributed by atoms with Gasteiger partial charge in [-0.15, -0.1) is 11.8 Å². The zero-order chi connectivity index (χ0) is 13.2. The van der Waals surface area contributed by atoms with Gasteiger partial charge in [-0.3, -0.25) is 0 Å². The molecule has 0 aliphatic heterocycles. The fourth-order valence-corrected chi connectivity index (χ4v) is 4.08. The number of hydrogen-bond acceptors (Lipinski definition) is 3. The summed E-state index contributed by atoms with van der Waals surface area (Å²) in [4.78, 5) is 4.46. The smallest absolute Gasteiger partial charge is 0.0964 e. The molecule has 1 heterocycles. The molecular formula is C15H15BrN2S. The molecule has 0 spiro atoms. The highest BCUT2D eigenvalue weighted by molar-refractivity contribution is 9.10. The molecule has 98 valence electrons. The molecule has 1 aliphatic carbocycles. The van der Waals surface area contributed by atoms with Gasteiger partial charge >= 0.3 is 0 Å². The Morgan fingerprint density at radius 1 is 1.26 bits per heavy atom. The Hall–Kier alpha value is -0.840. The second-order valence-electron chi connectivity index (χ2n) is 4.64. The number of fused-ring (bicyclic) bond motifs is 1. The lowest BCUT2D eigenvalue weighted by Crippen LogP contribution is -2.23. The number of benzene rings is 1. The van der Waals surface area contributed by atoms with Crippen LogP contribution in [0.1, 0.15) is 17.2 Å². The number of hydrogen-bond donors (Lipinski definition) is 1. The maximum absolute atomic E-state index is 4.46. The predicted molar refractivity (Wildman–Crippen MR) is 83.5 cm³/mol. The number of thioether (sulfide) groups is 1. The number of nitrogens with one attached hydrogen (secondary N) is 1. The van der Waals surface area contributed by atoms with Gasteiger partial charge in [0.1, 0.15) is 0 Å². The van der Waals surface area contributed by atoms with Crippen molar-refractivity contribution in [2.45, 2.75) is 22.7 Å². The number of rotatable bonds is 3. The van der Waals surface area contributed by atoms with Crippen molar-refractivity contribution in [2.75, 3.05) is 7.05 Å². The normalized spacial score (nSPS) is 21.4. The first kappa shape index (κ1) is 13.2. The van der Waals surface area contributed by atoms with Gasteiger partial charge in [-0.05, 0) is 52.7 Å². The third kappa shape index (κ3) is 2.71. The number of pyridine rings is 1. The number of nitrogens with zero attached hydrogens (tertiary/aromatic N) is 1. The van der Waals surface area contributed by atoms with Crippen LogP contribution in [-0.4, -0.2) is 17.3 Å². The zero-order valence-electron chi connectivity index (χ0n) is 10.6. The minimum Gasteiger partial charge on any atom is -0.312 e. The van der Waals surface area contributed by atoms with E-state index >= 15 is 0 Å². The molecule has 1 N–H and O–H groups in total. The topological polar surface area (TPSA) is 24.9 Å². The highest BCUT2D eigenvalue weighted by Gasteiger charge is 2.31. The van der Waals surface area contributed by atoms with Gasteiger partial charge in [-0.2, -0.15) is 0 Å². The molecule has 2 aromatic rings. The van der Waals surface area contributed by atoms with E-state index < -0.39 is 0 Å². The Labute approximate surface area is 126 Å². The van der Waals surface area contributed by atoms with Gasteiger partial charge in [0.15, 0.2) is 0 Å². The molecule has 2 nitrogen and oxygen atoms in total. The molecule has 4 heteroatoms. The lowest BCUT2D eigenvalue weighted by atomic mass is 10.1. The summed E-state index contributed by atoms with van der Waals surface area (Å²) < 4.78 is 1.02. The van der Waals surface area contributed by atoms with E-state index in [1.807, 2.05) is 31.1 Å². The summed E-state index contributed by atoms with van der Waals surface area (Å²) in [6.45, 7) is 0. The van der Waals surface area contributed by atoms with Gasteiger partial charge in [0.25, 0.3) is 0 Å². The number of halogens is 1. The van der Waals surface area contributed by atoms with E-state index in [-0.39, 0.29) is 0 Å². The SMILES string of the molecule is CNC1c2ccccc2CC1Sc1ccc(Br)cn1.